The molecular formula is C32H40N4O3. The van der Waals surface area contributed by atoms with Gasteiger partial charge >= 0.3 is 6.09 Å². The van der Waals surface area contributed by atoms with Gasteiger partial charge in [0.2, 0.25) is 5.91 Å². The number of nitrogens with one attached hydrogen (secondary N) is 2. The highest BCUT2D eigenvalue weighted by molar-refractivity contribution is 5.87. The number of amides is 2. The van der Waals surface area contributed by atoms with Crippen LogP contribution < -0.4 is 5.32 Å². The molecule has 2 aromatic carbocycles. The van der Waals surface area contributed by atoms with Gasteiger partial charge in [-0.05, 0) is 95.7 Å². The van der Waals surface area contributed by atoms with E-state index < -0.39 is 12.1 Å². The molecule has 7 nitrogen and oxygen atoms in total. The zero-order valence-electron chi connectivity index (χ0n) is 23.9. The van der Waals surface area contributed by atoms with E-state index in [0.29, 0.717) is 6.54 Å². The van der Waals surface area contributed by atoms with Crippen molar-refractivity contribution in [1.29, 1.82) is 0 Å². The van der Waals surface area contributed by atoms with Crippen LogP contribution in [0.4, 0.5) is 4.79 Å². The van der Waals surface area contributed by atoms with Gasteiger partial charge in [0.05, 0.1) is 24.2 Å². The first kappa shape index (κ1) is 25.9. The molecule has 6 rings (SSSR count). The number of carbonyl (C=O) groups excluding carboxylic acids is 2. The summed E-state index contributed by atoms with van der Waals surface area (Å²) in [5, 5.41) is 2.75. The topological polar surface area (TPSA) is 87.3 Å². The van der Waals surface area contributed by atoms with Crippen LogP contribution in [0.15, 0.2) is 30.3 Å². The SMILES string of the molecule is COC(=O)N[C@H](C(=O)N1CC(C)(C)C[C@H]1c1nc2ccc(-c3ccc(C)c4c3CC3CCC43)cc2[nH]1)C(C)C. The monoisotopic (exact) mass is 528 g/mol. The lowest BCUT2D eigenvalue weighted by molar-refractivity contribution is -0.135. The molecule has 1 aliphatic heterocycles. The Balaban J connectivity index is 1.33. The predicted molar refractivity (Wildman–Crippen MR) is 152 cm³/mol. The molecule has 2 heterocycles. The Kier molecular flexibility index (Phi) is 6.23. The number of benzene rings is 2. The van der Waals surface area contributed by atoms with E-state index in [-0.39, 0.29) is 23.3 Å². The van der Waals surface area contributed by atoms with Gasteiger partial charge in [0.25, 0.3) is 0 Å². The molecule has 1 saturated carbocycles. The number of aromatic amines is 1. The Labute approximate surface area is 230 Å². The summed E-state index contributed by atoms with van der Waals surface area (Å²) in [4.78, 5) is 36.2. The summed E-state index contributed by atoms with van der Waals surface area (Å²) in [7, 11) is 1.32. The van der Waals surface area contributed by atoms with Gasteiger partial charge in [0.15, 0.2) is 0 Å². The van der Waals surface area contributed by atoms with Crippen molar-refractivity contribution in [2.45, 2.75) is 78.3 Å². The average Bonchev–Trinajstić information content (AvgIpc) is 3.53. The van der Waals surface area contributed by atoms with Crippen molar-refractivity contribution in [2.24, 2.45) is 17.3 Å². The van der Waals surface area contributed by atoms with Gasteiger partial charge in [-0.1, -0.05) is 45.9 Å². The Bertz CT molecular complexity index is 1460. The second-order valence-electron chi connectivity index (χ2n) is 13.0. The minimum absolute atomic E-state index is 0.0704. The maximum atomic E-state index is 13.8. The summed E-state index contributed by atoms with van der Waals surface area (Å²) < 4.78 is 4.79. The molecule has 2 amide bonds. The number of rotatable bonds is 5. The average molecular weight is 529 g/mol. The van der Waals surface area contributed by atoms with Gasteiger partial charge in [-0.3, -0.25) is 4.79 Å². The Morgan fingerprint density at radius 2 is 1.97 bits per heavy atom. The number of H-pyrrole nitrogens is 1. The summed E-state index contributed by atoms with van der Waals surface area (Å²) in [6.45, 7) is 11.1. The highest BCUT2D eigenvalue weighted by atomic mass is 16.5. The Morgan fingerprint density at radius 1 is 1.18 bits per heavy atom. The molecule has 2 fully saturated rings. The van der Waals surface area contributed by atoms with Crippen LogP contribution in [0, 0.1) is 24.2 Å². The number of hydrogen-bond donors (Lipinski definition) is 2. The van der Waals surface area contributed by atoms with E-state index in [1.165, 1.54) is 48.6 Å². The van der Waals surface area contributed by atoms with E-state index in [2.05, 4.69) is 61.4 Å². The van der Waals surface area contributed by atoms with Crippen molar-refractivity contribution in [3.8, 4) is 11.1 Å². The highest BCUT2D eigenvalue weighted by Gasteiger charge is 2.45. The molecule has 206 valence electrons. The fraction of sp³-hybridized carbons (Fsp3) is 0.531. The second-order valence-corrected chi connectivity index (χ2v) is 13.0. The van der Waals surface area contributed by atoms with Gasteiger partial charge in [-0.15, -0.1) is 0 Å². The number of likely N-dealkylation sites (tertiary alicyclic amines) is 1. The van der Waals surface area contributed by atoms with E-state index in [1.807, 2.05) is 18.7 Å². The first-order chi connectivity index (χ1) is 18.6. The molecule has 1 aromatic heterocycles. The molecule has 4 atom stereocenters. The lowest BCUT2D eigenvalue weighted by Gasteiger charge is -2.31. The van der Waals surface area contributed by atoms with Gasteiger partial charge in [-0.2, -0.15) is 0 Å². The van der Waals surface area contributed by atoms with Gasteiger partial charge < -0.3 is 19.9 Å². The number of hydrogen-bond acceptors (Lipinski definition) is 4. The van der Waals surface area contributed by atoms with Crippen LogP contribution in [0.1, 0.15) is 81.4 Å². The van der Waals surface area contributed by atoms with Crippen LogP contribution in [0.3, 0.4) is 0 Å². The van der Waals surface area contributed by atoms with E-state index in [9.17, 15) is 9.59 Å². The van der Waals surface area contributed by atoms with Crippen molar-refractivity contribution < 1.29 is 14.3 Å². The summed E-state index contributed by atoms with van der Waals surface area (Å²) >= 11 is 0. The lowest BCUT2D eigenvalue weighted by Crippen LogP contribution is -2.51. The van der Waals surface area contributed by atoms with Crippen LogP contribution >= 0.6 is 0 Å². The molecule has 2 N–H and O–H groups in total. The smallest absolute Gasteiger partial charge is 0.407 e. The van der Waals surface area contributed by atoms with E-state index in [0.717, 1.165) is 35.1 Å². The number of aryl methyl sites for hydroxylation is 1. The van der Waals surface area contributed by atoms with Crippen molar-refractivity contribution in [1.82, 2.24) is 20.2 Å². The second kappa shape index (κ2) is 9.39. The zero-order valence-corrected chi connectivity index (χ0v) is 23.9. The normalized spacial score (nSPS) is 23.9. The lowest BCUT2D eigenvalue weighted by atomic mass is 9.73. The van der Waals surface area contributed by atoms with Crippen molar-refractivity contribution in [2.75, 3.05) is 13.7 Å². The molecule has 3 aliphatic rings. The predicted octanol–water partition coefficient (Wildman–Crippen LogP) is 6.27. The largest absolute Gasteiger partial charge is 0.453 e. The summed E-state index contributed by atoms with van der Waals surface area (Å²) in [6.07, 6.45) is 4.06. The molecule has 2 unspecified atom stereocenters. The third-order valence-electron chi connectivity index (χ3n) is 9.35. The number of aromatic nitrogens is 2. The number of alkyl carbamates (subject to hydrolysis) is 1. The Hall–Kier alpha value is -3.35. The first-order valence-electron chi connectivity index (χ1n) is 14.3. The molecule has 0 radical (unpaired) electrons. The van der Waals surface area contributed by atoms with E-state index in [4.69, 9.17) is 9.72 Å². The molecule has 0 bridgehead atoms. The van der Waals surface area contributed by atoms with E-state index >= 15 is 0 Å². The minimum atomic E-state index is -0.663. The molecule has 2 aliphatic carbocycles. The summed E-state index contributed by atoms with van der Waals surface area (Å²) in [5.41, 5.74) is 8.95. The molecular weight excluding hydrogens is 488 g/mol. The van der Waals surface area contributed by atoms with E-state index in [1.54, 1.807) is 5.56 Å². The number of fused-ring (bicyclic) bond motifs is 4. The van der Waals surface area contributed by atoms with Crippen LogP contribution in [0.5, 0.6) is 0 Å². The number of nitrogens with zero attached hydrogens (tertiary/aromatic N) is 2. The highest BCUT2D eigenvalue weighted by Crippen LogP contribution is 2.54. The van der Waals surface area contributed by atoms with Gasteiger partial charge in [0.1, 0.15) is 11.9 Å². The third-order valence-corrected chi connectivity index (χ3v) is 9.35. The number of carbonyl (C=O) groups is 2. The van der Waals surface area contributed by atoms with Crippen molar-refractivity contribution in [3.05, 3.63) is 52.8 Å². The van der Waals surface area contributed by atoms with Crippen LogP contribution in [-0.4, -0.2) is 46.6 Å². The molecule has 39 heavy (non-hydrogen) atoms. The van der Waals surface area contributed by atoms with Crippen molar-refractivity contribution >= 4 is 23.0 Å². The van der Waals surface area contributed by atoms with Gasteiger partial charge in [0, 0.05) is 6.54 Å². The zero-order chi connectivity index (χ0) is 27.6. The van der Waals surface area contributed by atoms with Crippen LogP contribution in [0.25, 0.3) is 22.2 Å². The minimum Gasteiger partial charge on any atom is -0.453 e. The molecule has 7 heteroatoms. The standard InChI is InChI=1S/C32H40N4O3/c1-17(2)28(35-31(38)39-6)30(37)36-16-32(4,5)15-26(36)29-33-24-12-9-20(14-25(24)34-29)21-10-7-18(3)27-22-11-8-19(22)13-23(21)27/h7,9-10,12,14,17,19,22,26,28H,8,11,13,15-16H2,1-6H3,(H,33,34)(H,35,38)/t19?,22?,26-,28-/m0/s1. The maximum absolute atomic E-state index is 13.8. The fourth-order valence-corrected chi connectivity index (χ4v) is 7.22. The van der Waals surface area contributed by atoms with Gasteiger partial charge in [-0.25, -0.2) is 9.78 Å². The maximum Gasteiger partial charge on any atom is 0.407 e. The summed E-state index contributed by atoms with van der Waals surface area (Å²) in [6, 6.07) is 10.2. The number of imidazole rings is 1. The van der Waals surface area contributed by atoms with Crippen LogP contribution in [0.2, 0.25) is 0 Å². The molecule has 3 aromatic rings. The molecule has 1 saturated heterocycles. The fourth-order valence-electron chi connectivity index (χ4n) is 7.22. The summed E-state index contributed by atoms with van der Waals surface area (Å²) in [5.74, 6) is 2.19. The number of ether oxygens (including phenoxy) is 1. The quantitative estimate of drug-likeness (QED) is 0.409. The number of methoxy groups -OCH3 is 1. The third kappa shape index (κ3) is 4.40. The van der Waals surface area contributed by atoms with Crippen LogP contribution in [-0.2, 0) is 16.0 Å². The first-order valence-corrected chi connectivity index (χ1v) is 14.3. The van der Waals surface area contributed by atoms with Crippen molar-refractivity contribution in [3.63, 3.8) is 0 Å². The molecule has 0 spiro atoms. The Morgan fingerprint density at radius 3 is 2.67 bits per heavy atom.